The SMILES string of the molecule is CCCCC(CN)NC(=O)C(CCCC)N=C1NS(=O)(=O)c2ccccc21. The Morgan fingerprint density at radius 2 is 1.85 bits per heavy atom. The molecule has 7 nitrogen and oxygen atoms in total. The molecule has 2 atom stereocenters. The summed E-state index contributed by atoms with van der Waals surface area (Å²) in [5.41, 5.74) is 6.29. The Hall–Kier alpha value is -1.93. The van der Waals surface area contributed by atoms with Gasteiger partial charge in [-0.3, -0.25) is 14.5 Å². The third kappa shape index (κ3) is 5.52. The summed E-state index contributed by atoms with van der Waals surface area (Å²) in [7, 11) is -3.62. The Labute approximate surface area is 161 Å². The van der Waals surface area contributed by atoms with Gasteiger partial charge in [-0.2, -0.15) is 0 Å². The predicted molar refractivity (Wildman–Crippen MR) is 107 cm³/mol. The van der Waals surface area contributed by atoms with Crippen molar-refractivity contribution in [2.24, 2.45) is 10.7 Å². The van der Waals surface area contributed by atoms with E-state index in [9.17, 15) is 13.2 Å². The number of carbonyl (C=O) groups is 1. The van der Waals surface area contributed by atoms with Crippen molar-refractivity contribution in [3.8, 4) is 0 Å². The highest BCUT2D eigenvalue weighted by molar-refractivity contribution is 7.90. The molecule has 1 aliphatic heterocycles. The summed E-state index contributed by atoms with van der Waals surface area (Å²) in [6.45, 7) is 4.51. The van der Waals surface area contributed by atoms with E-state index >= 15 is 0 Å². The van der Waals surface area contributed by atoms with E-state index in [-0.39, 0.29) is 22.7 Å². The molecule has 0 aromatic heterocycles. The largest absolute Gasteiger partial charge is 0.350 e. The van der Waals surface area contributed by atoms with Gasteiger partial charge in [0.1, 0.15) is 11.9 Å². The Balaban J connectivity index is 2.24. The van der Waals surface area contributed by atoms with E-state index < -0.39 is 16.1 Å². The van der Waals surface area contributed by atoms with Crippen molar-refractivity contribution in [3.63, 3.8) is 0 Å². The molecule has 1 amide bonds. The number of nitrogens with one attached hydrogen (secondary N) is 2. The van der Waals surface area contributed by atoms with Crippen LogP contribution >= 0.6 is 0 Å². The van der Waals surface area contributed by atoms with Crippen LogP contribution in [-0.4, -0.2) is 38.8 Å². The van der Waals surface area contributed by atoms with Crippen LogP contribution in [0.25, 0.3) is 0 Å². The lowest BCUT2D eigenvalue weighted by Crippen LogP contribution is -2.45. The van der Waals surface area contributed by atoms with Crippen LogP contribution in [-0.2, 0) is 14.8 Å². The second kappa shape index (κ2) is 9.85. The molecule has 0 saturated carbocycles. The average Bonchev–Trinajstić information content (AvgIpc) is 2.92. The zero-order valence-corrected chi connectivity index (χ0v) is 16.9. The highest BCUT2D eigenvalue weighted by Gasteiger charge is 2.32. The molecule has 0 radical (unpaired) electrons. The van der Waals surface area contributed by atoms with Crippen LogP contribution in [0.15, 0.2) is 34.2 Å². The molecule has 1 aromatic carbocycles. The number of sulfonamides is 1. The number of nitrogens with two attached hydrogens (primary N) is 1. The van der Waals surface area contributed by atoms with Crippen molar-refractivity contribution in [2.75, 3.05) is 6.54 Å². The van der Waals surface area contributed by atoms with Crippen molar-refractivity contribution < 1.29 is 13.2 Å². The normalized spacial score (nSPS) is 18.6. The van der Waals surface area contributed by atoms with Crippen molar-refractivity contribution in [2.45, 2.75) is 69.4 Å². The van der Waals surface area contributed by atoms with Crippen LogP contribution in [0.1, 0.15) is 57.9 Å². The topological polar surface area (TPSA) is 114 Å². The van der Waals surface area contributed by atoms with E-state index in [2.05, 4.69) is 22.0 Å². The molecular weight excluding hydrogens is 364 g/mol. The zero-order chi connectivity index (χ0) is 19.9. The number of nitrogens with zero attached hydrogens (tertiary/aromatic N) is 1. The average molecular weight is 395 g/mol. The third-order valence-electron chi connectivity index (χ3n) is 4.62. The number of amidine groups is 1. The van der Waals surface area contributed by atoms with Crippen molar-refractivity contribution >= 4 is 21.8 Å². The summed E-state index contributed by atoms with van der Waals surface area (Å²) in [5.74, 6) is 0.0331. The first-order valence-corrected chi connectivity index (χ1v) is 11.1. The van der Waals surface area contributed by atoms with E-state index in [0.717, 1.165) is 32.1 Å². The fourth-order valence-electron chi connectivity index (χ4n) is 3.03. The molecule has 2 rings (SSSR count). The van der Waals surface area contributed by atoms with Gasteiger partial charge in [-0.05, 0) is 25.0 Å². The molecule has 0 bridgehead atoms. The maximum absolute atomic E-state index is 12.8. The van der Waals surface area contributed by atoms with Gasteiger partial charge in [0.25, 0.3) is 10.0 Å². The number of hydrogen-bond acceptors (Lipinski definition) is 5. The first-order chi connectivity index (χ1) is 12.9. The van der Waals surface area contributed by atoms with E-state index in [1.165, 1.54) is 6.07 Å². The molecule has 150 valence electrons. The molecule has 0 saturated heterocycles. The highest BCUT2D eigenvalue weighted by Crippen LogP contribution is 2.23. The lowest BCUT2D eigenvalue weighted by atomic mass is 10.1. The van der Waals surface area contributed by atoms with Gasteiger partial charge in [0.15, 0.2) is 0 Å². The number of fused-ring (bicyclic) bond motifs is 1. The number of benzene rings is 1. The Bertz CT molecular complexity index is 777. The quantitative estimate of drug-likeness (QED) is 0.562. The van der Waals surface area contributed by atoms with Crippen LogP contribution in [0, 0.1) is 0 Å². The van der Waals surface area contributed by atoms with Crippen molar-refractivity contribution in [3.05, 3.63) is 29.8 Å². The number of unbranched alkanes of at least 4 members (excludes halogenated alkanes) is 2. The Kier molecular flexibility index (Phi) is 7.79. The first-order valence-electron chi connectivity index (χ1n) is 9.63. The smallest absolute Gasteiger partial charge is 0.263 e. The lowest BCUT2D eigenvalue weighted by molar-refractivity contribution is -0.123. The summed E-state index contributed by atoms with van der Waals surface area (Å²) < 4.78 is 27.0. The standard InChI is InChI=1S/C19H30N4O3S/c1-3-5-9-14(13-20)21-19(24)16(11-6-4-2)22-18-15-10-7-8-12-17(15)27(25,26)23-18/h7-8,10,12,14,16H,3-6,9,11,13,20H2,1-2H3,(H,21,24)(H,22,23). The van der Waals surface area contributed by atoms with Gasteiger partial charge >= 0.3 is 0 Å². The second-order valence-corrected chi connectivity index (χ2v) is 8.47. The first kappa shape index (κ1) is 21.4. The van der Waals surface area contributed by atoms with Crippen LogP contribution < -0.4 is 15.8 Å². The van der Waals surface area contributed by atoms with Gasteiger partial charge in [-0.25, -0.2) is 8.42 Å². The van der Waals surface area contributed by atoms with E-state index in [1.54, 1.807) is 18.2 Å². The molecule has 1 heterocycles. The van der Waals surface area contributed by atoms with Gasteiger partial charge in [-0.15, -0.1) is 0 Å². The number of carbonyl (C=O) groups excluding carboxylic acids is 1. The summed E-state index contributed by atoms with van der Waals surface area (Å²) in [4.78, 5) is 17.5. The van der Waals surface area contributed by atoms with Gasteiger partial charge in [0, 0.05) is 18.2 Å². The van der Waals surface area contributed by atoms with E-state index in [4.69, 9.17) is 5.73 Å². The number of amides is 1. The maximum atomic E-state index is 12.8. The summed E-state index contributed by atoms with van der Waals surface area (Å²) in [5, 5.41) is 2.98. The van der Waals surface area contributed by atoms with E-state index in [0.29, 0.717) is 18.5 Å². The van der Waals surface area contributed by atoms with Gasteiger partial charge in [-0.1, -0.05) is 51.7 Å². The fourth-order valence-corrected chi connectivity index (χ4v) is 4.27. The van der Waals surface area contributed by atoms with Crippen LogP contribution in [0.5, 0.6) is 0 Å². The van der Waals surface area contributed by atoms with Crippen molar-refractivity contribution in [1.29, 1.82) is 0 Å². The van der Waals surface area contributed by atoms with Crippen LogP contribution in [0.2, 0.25) is 0 Å². The van der Waals surface area contributed by atoms with Crippen LogP contribution in [0.3, 0.4) is 0 Å². The molecule has 1 aromatic rings. The minimum Gasteiger partial charge on any atom is -0.350 e. The molecule has 2 unspecified atom stereocenters. The summed E-state index contributed by atoms with van der Waals surface area (Å²) >= 11 is 0. The van der Waals surface area contributed by atoms with Gasteiger partial charge < -0.3 is 11.1 Å². The minimum atomic E-state index is -3.62. The highest BCUT2D eigenvalue weighted by atomic mass is 32.2. The van der Waals surface area contributed by atoms with Crippen LogP contribution in [0.4, 0.5) is 0 Å². The second-order valence-electron chi connectivity index (χ2n) is 6.82. The maximum Gasteiger partial charge on any atom is 0.263 e. The zero-order valence-electron chi connectivity index (χ0n) is 16.1. The molecule has 1 aliphatic rings. The molecule has 8 heteroatoms. The molecule has 4 N–H and O–H groups in total. The van der Waals surface area contributed by atoms with Gasteiger partial charge in [0.2, 0.25) is 5.91 Å². The Morgan fingerprint density at radius 3 is 2.52 bits per heavy atom. The predicted octanol–water partition coefficient (Wildman–Crippen LogP) is 1.92. The fraction of sp³-hybridized carbons (Fsp3) is 0.579. The number of aliphatic imine (C=N–C) groups is 1. The summed E-state index contributed by atoms with van der Waals surface area (Å²) in [6, 6.07) is 5.93. The monoisotopic (exact) mass is 394 g/mol. The minimum absolute atomic E-state index is 0.0886. The molecular formula is C19H30N4O3S. The molecule has 27 heavy (non-hydrogen) atoms. The summed E-state index contributed by atoms with van der Waals surface area (Å²) in [6.07, 6.45) is 5.15. The van der Waals surface area contributed by atoms with Crippen molar-refractivity contribution in [1.82, 2.24) is 10.0 Å². The van der Waals surface area contributed by atoms with Gasteiger partial charge in [0.05, 0.1) is 4.90 Å². The molecule has 0 aliphatic carbocycles. The lowest BCUT2D eigenvalue weighted by Gasteiger charge is -2.20. The van der Waals surface area contributed by atoms with E-state index in [1.807, 2.05) is 6.92 Å². The molecule has 0 fully saturated rings. The molecule has 0 spiro atoms. The third-order valence-corrected chi connectivity index (χ3v) is 6.02. The Morgan fingerprint density at radius 1 is 1.19 bits per heavy atom. The number of rotatable bonds is 10. The number of hydrogen-bond donors (Lipinski definition) is 3.